The summed E-state index contributed by atoms with van der Waals surface area (Å²) < 4.78 is 32.0. The van der Waals surface area contributed by atoms with Gasteiger partial charge in [0.05, 0.1) is 17.7 Å². The number of carbonyl (C=O) groups excluding carboxylic acids is 1. The van der Waals surface area contributed by atoms with E-state index in [1.54, 1.807) is 12.1 Å². The molecule has 0 heterocycles. The van der Waals surface area contributed by atoms with Crippen LogP contribution in [0.25, 0.3) is 0 Å². The van der Waals surface area contributed by atoms with Crippen molar-refractivity contribution >= 4 is 43.3 Å². The van der Waals surface area contributed by atoms with Crippen LogP contribution in [0.3, 0.4) is 0 Å². The fourth-order valence-corrected chi connectivity index (χ4v) is 3.88. The number of hydrogen-bond acceptors (Lipinski definition) is 6. The monoisotopic (exact) mass is 428 g/mol. The number of hydrogen-bond donors (Lipinski definition) is 0. The summed E-state index contributed by atoms with van der Waals surface area (Å²) in [6, 6.07) is 11.1. The zero-order chi connectivity index (χ0) is 18.6. The molecule has 0 atom stereocenters. The Kier molecular flexibility index (Phi) is 5.75. The van der Waals surface area contributed by atoms with E-state index in [1.807, 2.05) is 0 Å². The number of methoxy groups -OCH3 is 1. The molecular formula is C15H13BrN2O6S. The van der Waals surface area contributed by atoms with E-state index in [1.165, 1.54) is 24.3 Å². The normalized spacial score (nSPS) is 11.0. The number of nitro groups is 1. The van der Waals surface area contributed by atoms with Gasteiger partial charge in [0.15, 0.2) is 4.90 Å². The van der Waals surface area contributed by atoms with Crippen LogP contribution in [0.4, 0.5) is 11.4 Å². The lowest BCUT2D eigenvalue weighted by Gasteiger charge is -2.23. The van der Waals surface area contributed by atoms with Gasteiger partial charge in [-0.25, -0.2) is 8.42 Å². The molecule has 0 spiro atoms. The first kappa shape index (κ1) is 18.9. The van der Waals surface area contributed by atoms with Crippen LogP contribution in [0.15, 0.2) is 57.9 Å². The standard InChI is InChI=1S/C15H13BrN2O6S/c1-24-15(19)10-17(12-8-6-11(16)7-9-12)25(22,23)14-5-3-2-4-13(14)18(20)21/h2-9H,10H2,1H3. The maximum absolute atomic E-state index is 13.0. The zero-order valence-electron chi connectivity index (χ0n) is 13.0. The third-order valence-corrected chi connectivity index (χ3v) is 5.59. The number of esters is 1. The molecule has 10 heteroatoms. The maximum atomic E-state index is 13.0. The summed E-state index contributed by atoms with van der Waals surface area (Å²) in [6.45, 7) is -0.619. The van der Waals surface area contributed by atoms with Crippen LogP contribution in [-0.2, 0) is 19.6 Å². The van der Waals surface area contributed by atoms with Crippen molar-refractivity contribution in [3.05, 3.63) is 63.1 Å². The van der Waals surface area contributed by atoms with Crippen LogP contribution in [-0.4, -0.2) is 33.0 Å². The fourth-order valence-electron chi connectivity index (χ4n) is 2.05. The highest BCUT2D eigenvalue weighted by atomic mass is 79.9. The Hall–Kier alpha value is -2.46. The molecule has 8 nitrogen and oxygen atoms in total. The molecule has 0 N–H and O–H groups in total. The van der Waals surface area contributed by atoms with Crippen molar-refractivity contribution < 1.29 is 22.9 Å². The highest BCUT2D eigenvalue weighted by Crippen LogP contribution is 2.30. The summed E-state index contributed by atoms with van der Waals surface area (Å²) in [5.41, 5.74) is -0.402. The average molecular weight is 429 g/mol. The summed E-state index contributed by atoms with van der Waals surface area (Å²) in [7, 11) is -3.25. The molecule has 0 fully saturated rings. The van der Waals surface area contributed by atoms with Crippen molar-refractivity contribution in [2.24, 2.45) is 0 Å². The first-order valence-electron chi connectivity index (χ1n) is 6.86. The van der Waals surface area contributed by atoms with Crippen molar-refractivity contribution in [1.29, 1.82) is 0 Å². The number of benzene rings is 2. The van der Waals surface area contributed by atoms with E-state index >= 15 is 0 Å². The van der Waals surface area contributed by atoms with Gasteiger partial charge >= 0.3 is 5.97 Å². The molecule has 2 aromatic rings. The topological polar surface area (TPSA) is 107 Å². The van der Waals surface area contributed by atoms with E-state index in [0.29, 0.717) is 4.47 Å². The van der Waals surface area contributed by atoms with Crippen LogP contribution < -0.4 is 4.31 Å². The molecule has 0 aliphatic rings. The zero-order valence-corrected chi connectivity index (χ0v) is 15.4. The molecule has 2 aromatic carbocycles. The number of nitrogens with zero attached hydrogens (tertiary/aromatic N) is 2. The second-order valence-corrected chi connectivity index (χ2v) is 7.54. The van der Waals surface area contributed by atoms with E-state index < -0.39 is 38.0 Å². The van der Waals surface area contributed by atoms with E-state index in [2.05, 4.69) is 20.7 Å². The minimum Gasteiger partial charge on any atom is -0.468 e. The molecule has 2 rings (SSSR count). The largest absolute Gasteiger partial charge is 0.468 e. The van der Waals surface area contributed by atoms with Crippen molar-refractivity contribution in [2.45, 2.75) is 4.90 Å². The van der Waals surface area contributed by atoms with Gasteiger partial charge in [0.2, 0.25) is 0 Å². The summed E-state index contributed by atoms with van der Waals surface area (Å²) in [5, 5.41) is 11.2. The number of sulfonamides is 1. The van der Waals surface area contributed by atoms with E-state index in [4.69, 9.17) is 0 Å². The molecule has 0 aromatic heterocycles. The van der Waals surface area contributed by atoms with Gasteiger partial charge < -0.3 is 4.74 Å². The first-order valence-corrected chi connectivity index (χ1v) is 9.09. The fraction of sp³-hybridized carbons (Fsp3) is 0.133. The molecule has 25 heavy (non-hydrogen) atoms. The second kappa shape index (κ2) is 7.62. The smallest absolute Gasteiger partial charge is 0.326 e. The third kappa shape index (κ3) is 4.15. The molecule has 0 radical (unpaired) electrons. The number of rotatable bonds is 6. The summed E-state index contributed by atoms with van der Waals surface area (Å²) in [5.74, 6) is -0.801. The lowest BCUT2D eigenvalue weighted by molar-refractivity contribution is -0.387. The number of anilines is 1. The minimum atomic E-state index is -4.37. The number of para-hydroxylation sites is 1. The lowest BCUT2D eigenvalue weighted by atomic mass is 10.3. The van der Waals surface area contributed by atoms with Crippen molar-refractivity contribution in [3.8, 4) is 0 Å². The van der Waals surface area contributed by atoms with Crippen LogP contribution in [0.2, 0.25) is 0 Å². The molecule has 0 saturated heterocycles. The highest BCUT2D eigenvalue weighted by molar-refractivity contribution is 9.10. The van der Waals surface area contributed by atoms with Crippen LogP contribution in [0.5, 0.6) is 0 Å². The molecule has 0 aliphatic heterocycles. The van der Waals surface area contributed by atoms with Gasteiger partial charge in [0.25, 0.3) is 15.7 Å². The van der Waals surface area contributed by atoms with Gasteiger partial charge in [0, 0.05) is 10.5 Å². The average Bonchev–Trinajstić information content (AvgIpc) is 2.60. The van der Waals surface area contributed by atoms with Crippen molar-refractivity contribution in [1.82, 2.24) is 0 Å². The number of ether oxygens (including phenoxy) is 1. The van der Waals surface area contributed by atoms with Crippen molar-refractivity contribution in [3.63, 3.8) is 0 Å². The lowest BCUT2D eigenvalue weighted by Crippen LogP contribution is -2.36. The molecule has 0 bridgehead atoms. The predicted octanol–water partition coefficient (Wildman–Crippen LogP) is 2.73. The number of carbonyl (C=O) groups is 1. The van der Waals surface area contributed by atoms with E-state index in [0.717, 1.165) is 23.5 Å². The van der Waals surface area contributed by atoms with Crippen LogP contribution in [0, 0.1) is 10.1 Å². The highest BCUT2D eigenvalue weighted by Gasteiger charge is 2.33. The molecule has 0 unspecified atom stereocenters. The Morgan fingerprint density at radius 2 is 1.80 bits per heavy atom. The first-order chi connectivity index (χ1) is 11.8. The predicted molar refractivity (Wildman–Crippen MR) is 93.8 cm³/mol. The van der Waals surface area contributed by atoms with E-state index in [9.17, 15) is 23.3 Å². The Bertz CT molecular complexity index is 898. The Labute approximate surface area is 152 Å². The van der Waals surface area contributed by atoms with Gasteiger partial charge in [-0.2, -0.15) is 0 Å². The van der Waals surface area contributed by atoms with Gasteiger partial charge in [-0.05, 0) is 30.3 Å². The van der Waals surface area contributed by atoms with Crippen LogP contribution in [0.1, 0.15) is 0 Å². The summed E-state index contributed by atoms with van der Waals surface area (Å²) in [6.07, 6.45) is 0. The quantitative estimate of drug-likeness (QED) is 0.397. The minimum absolute atomic E-state index is 0.173. The van der Waals surface area contributed by atoms with Gasteiger partial charge in [-0.1, -0.05) is 28.1 Å². The second-order valence-electron chi connectivity index (χ2n) is 4.79. The summed E-state index contributed by atoms with van der Waals surface area (Å²) in [4.78, 5) is 21.6. The number of halogens is 1. The Morgan fingerprint density at radius 3 is 2.36 bits per heavy atom. The van der Waals surface area contributed by atoms with Gasteiger partial charge in [-0.15, -0.1) is 0 Å². The SMILES string of the molecule is COC(=O)CN(c1ccc(Br)cc1)S(=O)(=O)c1ccccc1[N+](=O)[O-]. The number of nitro benzene ring substituents is 1. The van der Waals surface area contributed by atoms with Gasteiger partial charge in [0.1, 0.15) is 6.54 Å². The molecular weight excluding hydrogens is 416 g/mol. The van der Waals surface area contributed by atoms with Gasteiger partial charge in [-0.3, -0.25) is 19.2 Å². The van der Waals surface area contributed by atoms with Crippen molar-refractivity contribution in [2.75, 3.05) is 18.0 Å². The third-order valence-electron chi connectivity index (χ3n) is 3.24. The Morgan fingerprint density at radius 1 is 1.20 bits per heavy atom. The molecule has 0 saturated carbocycles. The van der Waals surface area contributed by atoms with E-state index in [-0.39, 0.29) is 5.69 Å². The summed E-state index contributed by atoms with van der Waals surface area (Å²) >= 11 is 3.24. The Balaban J connectivity index is 2.61. The van der Waals surface area contributed by atoms with Crippen LogP contribution >= 0.6 is 15.9 Å². The molecule has 0 amide bonds. The maximum Gasteiger partial charge on any atom is 0.326 e. The molecule has 0 aliphatic carbocycles. The molecule has 132 valence electrons.